The van der Waals surface area contributed by atoms with Crippen molar-refractivity contribution in [3.05, 3.63) is 23.1 Å². The fraction of sp³-hybridized carbons (Fsp3) is 0.583. The lowest BCUT2D eigenvalue weighted by Crippen LogP contribution is -1.95. The monoisotopic (exact) mass is 244 g/mol. The average molecular weight is 244 g/mol. The van der Waals surface area contributed by atoms with Crippen LogP contribution in [-0.2, 0) is 9.53 Å². The van der Waals surface area contributed by atoms with Gasteiger partial charge in [0.2, 0.25) is 0 Å². The van der Waals surface area contributed by atoms with E-state index in [1.165, 1.54) is 0 Å². The second kappa shape index (κ2) is 10.8. The molecule has 0 atom stereocenters. The Morgan fingerprint density at radius 3 is 2.81 bits per heavy atom. The fourth-order valence-corrected chi connectivity index (χ4v) is 1.89. The normalized spacial score (nSPS) is 12.2. The molecule has 4 heteroatoms. The van der Waals surface area contributed by atoms with Gasteiger partial charge in [-0.3, -0.25) is 4.79 Å². The molecule has 16 heavy (non-hydrogen) atoms. The Hall–Kier alpha value is -0.740. The number of thioether (sulfide) groups is 1. The van der Waals surface area contributed by atoms with Gasteiger partial charge in [0.05, 0.1) is 6.61 Å². The summed E-state index contributed by atoms with van der Waals surface area (Å²) in [5.74, 6) is 0.0998. The van der Waals surface area contributed by atoms with Crippen LogP contribution in [0.2, 0.25) is 0 Å². The molecule has 0 amide bonds. The zero-order chi connectivity index (χ0) is 12.2. The molecule has 0 heterocycles. The van der Waals surface area contributed by atoms with Crippen molar-refractivity contribution in [2.24, 2.45) is 0 Å². The van der Waals surface area contributed by atoms with E-state index in [1.54, 1.807) is 18.9 Å². The number of carbonyl (C=O) groups is 1. The predicted molar refractivity (Wildman–Crippen MR) is 68.7 cm³/mol. The first-order valence-corrected chi connectivity index (χ1v) is 6.39. The third-order valence-corrected chi connectivity index (χ3v) is 2.90. The summed E-state index contributed by atoms with van der Waals surface area (Å²) in [6.45, 7) is 2.68. The van der Waals surface area contributed by atoms with E-state index >= 15 is 0 Å². The van der Waals surface area contributed by atoms with Crippen LogP contribution < -0.4 is 0 Å². The molecule has 1 N–H and O–H groups in total. The molecule has 0 aliphatic heterocycles. The number of hydrogen-bond donors (Lipinski definition) is 1. The maximum absolute atomic E-state index is 10.3. The van der Waals surface area contributed by atoms with Gasteiger partial charge in [0.25, 0.3) is 0 Å². The number of allylic oxidation sites excluding steroid dienone is 2. The summed E-state index contributed by atoms with van der Waals surface area (Å²) in [6, 6.07) is 0. The lowest BCUT2D eigenvalue weighted by atomic mass is 10.3. The number of hydrogen-bond acceptors (Lipinski definition) is 3. The summed E-state index contributed by atoms with van der Waals surface area (Å²) in [5.41, 5.74) is 0. The van der Waals surface area contributed by atoms with Crippen molar-refractivity contribution in [3.8, 4) is 0 Å². The third kappa shape index (κ3) is 9.80. The summed E-state index contributed by atoms with van der Waals surface area (Å²) in [4.78, 5) is 11.5. The van der Waals surface area contributed by atoms with Crippen LogP contribution >= 0.6 is 11.8 Å². The summed E-state index contributed by atoms with van der Waals surface area (Å²) < 4.78 is 4.98. The zero-order valence-electron chi connectivity index (χ0n) is 9.94. The molecule has 0 aromatic carbocycles. The lowest BCUT2D eigenvalue weighted by Gasteiger charge is -2.01. The molecule has 92 valence electrons. The largest absolute Gasteiger partial charge is 0.481 e. The van der Waals surface area contributed by atoms with Crippen LogP contribution in [0.1, 0.15) is 26.2 Å². The minimum Gasteiger partial charge on any atom is -0.481 e. The molecule has 0 aromatic heterocycles. The number of rotatable bonds is 9. The molecule has 0 aromatic rings. The molecule has 0 radical (unpaired) electrons. The third-order valence-electron chi connectivity index (χ3n) is 1.77. The van der Waals surface area contributed by atoms with Gasteiger partial charge in [0.1, 0.15) is 0 Å². The van der Waals surface area contributed by atoms with Crippen LogP contribution in [0, 0.1) is 0 Å². The van der Waals surface area contributed by atoms with Crippen molar-refractivity contribution in [2.45, 2.75) is 26.2 Å². The smallest absolute Gasteiger partial charge is 0.303 e. The Balaban J connectivity index is 3.92. The van der Waals surface area contributed by atoms with Gasteiger partial charge in [-0.05, 0) is 24.7 Å². The molecule has 0 bridgehead atoms. The van der Waals surface area contributed by atoms with Gasteiger partial charge in [-0.15, -0.1) is 11.8 Å². The summed E-state index contributed by atoms with van der Waals surface area (Å²) in [7, 11) is 1.66. The maximum Gasteiger partial charge on any atom is 0.303 e. The number of carboxylic acids is 1. The van der Waals surface area contributed by atoms with Crippen LogP contribution in [0.25, 0.3) is 0 Å². The average Bonchev–Trinajstić information content (AvgIpc) is 2.26. The van der Waals surface area contributed by atoms with Gasteiger partial charge < -0.3 is 9.84 Å². The van der Waals surface area contributed by atoms with Gasteiger partial charge in [-0.1, -0.05) is 19.1 Å². The lowest BCUT2D eigenvalue weighted by molar-refractivity contribution is -0.137. The van der Waals surface area contributed by atoms with Crippen LogP contribution in [0.4, 0.5) is 0 Å². The second-order valence-corrected chi connectivity index (χ2v) is 4.39. The van der Waals surface area contributed by atoms with E-state index in [9.17, 15) is 4.79 Å². The predicted octanol–water partition coefficient (Wildman–Crippen LogP) is 3.08. The molecule has 0 saturated carbocycles. The first-order valence-electron chi connectivity index (χ1n) is 5.41. The summed E-state index contributed by atoms with van der Waals surface area (Å²) >= 11 is 1.67. The first kappa shape index (κ1) is 15.3. The van der Waals surface area contributed by atoms with Crippen LogP contribution in [0.15, 0.2) is 23.1 Å². The van der Waals surface area contributed by atoms with Crippen molar-refractivity contribution in [1.29, 1.82) is 0 Å². The van der Waals surface area contributed by atoms with E-state index < -0.39 is 5.97 Å². The molecule has 0 aliphatic carbocycles. The zero-order valence-corrected chi connectivity index (χ0v) is 10.8. The Kier molecular flexibility index (Phi) is 10.3. The van der Waals surface area contributed by atoms with Gasteiger partial charge in [0.15, 0.2) is 0 Å². The minimum atomic E-state index is -0.730. The molecule has 0 spiro atoms. The molecule has 0 unspecified atom stereocenters. The van der Waals surface area contributed by atoms with Crippen molar-refractivity contribution < 1.29 is 14.6 Å². The number of ether oxygens (including phenoxy) is 1. The number of aliphatic carboxylic acids is 1. The van der Waals surface area contributed by atoms with Crippen molar-refractivity contribution in [1.82, 2.24) is 0 Å². The quantitative estimate of drug-likeness (QED) is 0.500. The van der Waals surface area contributed by atoms with E-state index in [2.05, 4.69) is 19.1 Å². The molecule has 0 aliphatic rings. The Bertz CT molecular complexity index is 247. The highest BCUT2D eigenvalue weighted by Crippen LogP contribution is 2.18. The van der Waals surface area contributed by atoms with E-state index in [1.807, 2.05) is 6.08 Å². The molecule has 0 saturated heterocycles. The van der Waals surface area contributed by atoms with Crippen molar-refractivity contribution >= 4 is 17.7 Å². The highest BCUT2D eigenvalue weighted by atomic mass is 32.2. The summed E-state index contributed by atoms with van der Waals surface area (Å²) in [5, 5.41) is 8.50. The molecule has 0 fully saturated rings. The van der Waals surface area contributed by atoms with Gasteiger partial charge in [0, 0.05) is 18.4 Å². The highest BCUT2D eigenvalue weighted by Gasteiger charge is 1.98. The second-order valence-electron chi connectivity index (χ2n) is 3.22. The van der Waals surface area contributed by atoms with Crippen LogP contribution in [0.3, 0.4) is 0 Å². The standard InChI is InChI=1S/C12H20O3S/c1-3-4-6-11(8-9-15-2)16-10-5-7-12(13)14/h4,6,8H,3,5,7,9-10H2,1-2H3,(H,13,14)/b6-4-,11-8+. The Labute approximate surface area is 102 Å². The van der Waals surface area contributed by atoms with Crippen molar-refractivity contribution in [3.63, 3.8) is 0 Å². The van der Waals surface area contributed by atoms with E-state index in [-0.39, 0.29) is 6.42 Å². The summed E-state index contributed by atoms with van der Waals surface area (Å²) in [6.07, 6.45) is 8.10. The Morgan fingerprint density at radius 2 is 2.25 bits per heavy atom. The molecule has 3 nitrogen and oxygen atoms in total. The number of carboxylic acid groups (broad SMARTS) is 1. The van der Waals surface area contributed by atoms with Gasteiger partial charge in [-0.25, -0.2) is 0 Å². The topological polar surface area (TPSA) is 46.5 Å². The van der Waals surface area contributed by atoms with E-state index in [4.69, 9.17) is 9.84 Å². The molecular formula is C12H20O3S. The van der Waals surface area contributed by atoms with E-state index in [0.717, 1.165) is 17.1 Å². The van der Waals surface area contributed by atoms with Gasteiger partial charge >= 0.3 is 5.97 Å². The SMILES string of the molecule is CC/C=C\C(=C/COC)SCCCC(=O)O. The highest BCUT2D eigenvalue weighted by molar-refractivity contribution is 8.03. The van der Waals surface area contributed by atoms with Crippen molar-refractivity contribution in [2.75, 3.05) is 19.5 Å². The van der Waals surface area contributed by atoms with E-state index in [0.29, 0.717) is 13.0 Å². The van der Waals surface area contributed by atoms with Crippen LogP contribution in [-0.4, -0.2) is 30.5 Å². The maximum atomic E-state index is 10.3. The number of methoxy groups -OCH3 is 1. The molecular weight excluding hydrogens is 224 g/mol. The minimum absolute atomic E-state index is 0.238. The fourth-order valence-electron chi connectivity index (χ4n) is 0.988. The first-order chi connectivity index (χ1) is 7.70. The van der Waals surface area contributed by atoms with Gasteiger partial charge in [-0.2, -0.15) is 0 Å². The molecule has 0 rings (SSSR count). The Morgan fingerprint density at radius 1 is 1.50 bits per heavy atom. The van der Waals surface area contributed by atoms with Crippen LogP contribution in [0.5, 0.6) is 0 Å².